The molecule has 0 aliphatic heterocycles. The van der Waals surface area contributed by atoms with Crippen molar-refractivity contribution < 1.29 is 14.2 Å². The molecule has 0 spiro atoms. The van der Waals surface area contributed by atoms with Crippen LogP contribution in [-0.4, -0.2) is 29.0 Å². The lowest BCUT2D eigenvalue weighted by atomic mass is 10.1. The summed E-state index contributed by atoms with van der Waals surface area (Å²) in [5, 5.41) is 20.6. The van der Waals surface area contributed by atoms with Gasteiger partial charge < -0.3 is 15.2 Å². The fourth-order valence-electron chi connectivity index (χ4n) is 2.71. The monoisotopic (exact) mass is 341 g/mol. The number of hydrogen-bond acceptors (Lipinski definition) is 4. The van der Waals surface area contributed by atoms with E-state index in [9.17, 15) is 9.50 Å². The van der Waals surface area contributed by atoms with E-state index in [1.54, 1.807) is 25.4 Å². The summed E-state index contributed by atoms with van der Waals surface area (Å²) in [4.78, 5) is 0. The Bertz CT molecular complexity index is 818. The van der Waals surface area contributed by atoms with Crippen LogP contribution >= 0.6 is 0 Å². The summed E-state index contributed by atoms with van der Waals surface area (Å²) >= 11 is 0. The first-order chi connectivity index (χ1) is 12.2. The molecule has 0 aliphatic carbocycles. The van der Waals surface area contributed by atoms with Crippen molar-refractivity contribution >= 4 is 0 Å². The van der Waals surface area contributed by atoms with Gasteiger partial charge >= 0.3 is 0 Å². The molecule has 0 unspecified atom stereocenters. The van der Waals surface area contributed by atoms with Gasteiger partial charge in [-0.15, -0.1) is 0 Å². The molecular formula is C19H20FN3O2. The SMILES string of the molecule is COc1ccccc1[C@H](O)CNCc1cn[nH]c1-c1ccc(F)cc1. The van der Waals surface area contributed by atoms with Crippen LogP contribution in [0.4, 0.5) is 4.39 Å². The minimum atomic E-state index is -0.683. The van der Waals surface area contributed by atoms with Crippen molar-refractivity contribution in [2.75, 3.05) is 13.7 Å². The summed E-state index contributed by atoms with van der Waals surface area (Å²) in [6.07, 6.45) is 1.04. The topological polar surface area (TPSA) is 70.2 Å². The Morgan fingerprint density at radius 3 is 2.72 bits per heavy atom. The normalized spacial score (nSPS) is 12.1. The summed E-state index contributed by atoms with van der Waals surface area (Å²) < 4.78 is 18.3. The van der Waals surface area contributed by atoms with E-state index in [2.05, 4.69) is 15.5 Å². The number of nitrogens with one attached hydrogen (secondary N) is 2. The third kappa shape index (κ3) is 4.04. The predicted molar refractivity (Wildman–Crippen MR) is 93.6 cm³/mol. The van der Waals surface area contributed by atoms with E-state index in [1.165, 1.54) is 12.1 Å². The number of benzene rings is 2. The van der Waals surface area contributed by atoms with Crippen molar-refractivity contribution in [2.24, 2.45) is 0 Å². The van der Waals surface area contributed by atoms with Crippen molar-refractivity contribution in [3.05, 3.63) is 71.7 Å². The molecule has 1 aromatic heterocycles. The Morgan fingerprint density at radius 2 is 1.96 bits per heavy atom. The number of H-pyrrole nitrogens is 1. The summed E-state index contributed by atoms with van der Waals surface area (Å²) in [5.74, 6) is 0.384. The maximum absolute atomic E-state index is 13.1. The quantitative estimate of drug-likeness (QED) is 0.618. The molecule has 5 nitrogen and oxygen atoms in total. The molecule has 0 saturated heterocycles. The van der Waals surface area contributed by atoms with Gasteiger partial charge in [-0.25, -0.2) is 4.39 Å². The number of hydrogen-bond donors (Lipinski definition) is 3. The molecule has 3 rings (SSSR count). The maximum atomic E-state index is 13.1. The van der Waals surface area contributed by atoms with Gasteiger partial charge in [0, 0.05) is 29.8 Å². The standard InChI is InChI=1S/C19H20FN3O2/c1-25-18-5-3-2-4-16(18)17(24)12-21-10-14-11-22-23-19(14)13-6-8-15(20)9-7-13/h2-9,11,17,21,24H,10,12H2,1H3,(H,22,23)/t17-/m1/s1. The van der Waals surface area contributed by atoms with Crippen molar-refractivity contribution in [1.82, 2.24) is 15.5 Å². The number of rotatable bonds is 7. The van der Waals surface area contributed by atoms with Gasteiger partial charge in [0.15, 0.2) is 0 Å². The highest BCUT2D eigenvalue weighted by Crippen LogP contribution is 2.25. The second kappa shape index (κ2) is 7.92. The zero-order valence-corrected chi connectivity index (χ0v) is 13.9. The van der Waals surface area contributed by atoms with Gasteiger partial charge in [-0.2, -0.15) is 5.10 Å². The van der Waals surface area contributed by atoms with Gasteiger partial charge in [0.05, 0.1) is 25.1 Å². The molecule has 1 heterocycles. The first-order valence-corrected chi connectivity index (χ1v) is 7.99. The van der Waals surface area contributed by atoms with Crippen LogP contribution in [0.15, 0.2) is 54.7 Å². The van der Waals surface area contributed by atoms with Crippen LogP contribution in [0.2, 0.25) is 0 Å². The van der Waals surface area contributed by atoms with Crippen molar-refractivity contribution in [3.63, 3.8) is 0 Å². The van der Waals surface area contributed by atoms with E-state index in [0.717, 1.165) is 22.4 Å². The number of aromatic amines is 1. The second-order valence-electron chi connectivity index (χ2n) is 5.67. The molecule has 6 heteroatoms. The summed E-state index contributed by atoms with van der Waals surface area (Å²) in [7, 11) is 1.58. The van der Waals surface area contributed by atoms with Gasteiger partial charge in [0.25, 0.3) is 0 Å². The zero-order chi connectivity index (χ0) is 17.6. The Hall–Kier alpha value is -2.70. The molecule has 0 aliphatic rings. The molecule has 3 N–H and O–H groups in total. The van der Waals surface area contributed by atoms with Crippen molar-refractivity contribution in [2.45, 2.75) is 12.6 Å². The van der Waals surface area contributed by atoms with Crippen molar-refractivity contribution in [1.29, 1.82) is 0 Å². The van der Waals surface area contributed by atoms with Crippen LogP contribution in [0.5, 0.6) is 5.75 Å². The van der Waals surface area contributed by atoms with Gasteiger partial charge in [0.1, 0.15) is 11.6 Å². The minimum Gasteiger partial charge on any atom is -0.496 e. The molecule has 0 bridgehead atoms. The number of ether oxygens (including phenoxy) is 1. The Balaban J connectivity index is 1.63. The van der Waals surface area contributed by atoms with Gasteiger partial charge in [-0.05, 0) is 30.3 Å². The molecule has 2 aromatic carbocycles. The molecule has 0 amide bonds. The van der Waals surface area contributed by atoms with Crippen LogP contribution < -0.4 is 10.1 Å². The molecule has 0 saturated carbocycles. The van der Waals surface area contributed by atoms with Crippen LogP contribution in [0.1, 0.15) is 17.2 Å². The molecule has 0 fully saturated rings. The number of para-hydroxylation sites is 1. The molecule has 130 valence electrons. The average molecular weight is 341 g/mol. The predicted octanol–water partition coefficient (Wildman–Crippen LogP) is 3.05. The third-order valence-corrected chi connectivity index (χ3v) is 4.00. The van der Waals surface area contributed by atoms with E-state index in [4.69, 9.17) is 4.74 Å². The van der Waals surface area contributed by atoms with Crippen LogP contribution in [0.25, 0.3) is 11.3 Å². The number of methoxy groups -OCH3 is 1. The van der Waals surface area contributed by atoms with Crippen molar-refractivity contribution in [3.8, 4) is 17.0 Å². The zero-order valence-electron chi connectivity index (χ0n) is 13.9. The lowest BCUT2D eigenvalue weighted by Crippen LogP contribution is -2.21. The highest BCUT2D eigenvalue weighted by Gasteiger charge is 2.13. The Kier molecular flexibility index (Phi) is 5.42. The molecule has 1 atom stereocenters. The van der Waals surface area contributed by atoms with Crippen LogP contribution in [0.3, 0.4) is 0 Å². The van der Waals surface area contributed by atoms with E-state index in [1.807, 2.05) is 24.3 Å². The number of aliphatic hydroxyl groups is 1. The van der Waals surface area contributed by atoms with Gasteiger partial charge in [-0.3, -0.25) is 5.10 Å². The lowest BCUT2D eigenvalue weighted by molar-refractivity contribution is 0.170. The largest absolute Gasteiger partial charge is 0.496 e. The van der Waals surface area contributed by atoms with E-state index < -0.39 is 6.10 Å². The highest BCUT2D eigenvalue weighted by atomic mass is 19.1. The van der Waals surface area contributed by atoms with Gasteiger partial charge in [0.2, 0.25) is 0 Å². The number of aliphatic hydroxyl groups excluding tert-OH is 1. The third-order valence-electron chi connectivity index (χ3n) is 4.00. The first kappa shape index (κ1) is 17.1. The van der Waals surface area contributed by atoms with Crippen LogP contribution in [0, 0.1) is 5.82 Å². The number of aromatic nitrogens is 2. The van der Waals surface area contributed by atoms with Gasteiger partial charge in [-0.1, -0.05) is 18.2 Å². The van der Waals surface area contributed by atoms with E-state index >= 15 is 0 Å². The minimum absolute atomic E-state index is 0.275. The lowest BCUT2D eigenvalue weighted by Gasteiger charge is -2.15. The van der Waals surface area contributed by atoms with E-state index in [-0.39, 0.29) is 5.82 Å². The fourth-order valence-corrected chi connectivity index (χ4v) is 2.71. The fraction of sp³-hybridized carbons (Fsp3) is 0.211. The molecule has 25 heavy (non-hydrogen) atoms. The number of nitrogens with zero attached hydrogens (tertiary/aromatic N) is 1. The first-order valence-electron chi connectivity index (χ1n) is 7.99. The van der Waals surface area contributed by atoms with E-state index in [0.29, 0.717) is 18.8 Å². The molecule has 0 radical (unpaired) electrons. The molecular weight excluding hydrogens is 321 g/mol. The second-order valence-corrected chi connectivity index (χ2v) is 5.67. The smallest absolute Gasteiger partial charge is 0.124 e. The summed E-state index contributed by atoms with van der Waals surface area (Å²) in [6.45, 7) is 0.893. The van der Waals surface area contributed by atoms with Crippen LogP contribution in [-0.2, 0) is 6.54 Å². The highest BCUT2D eigenvalue weighted by molar-refractivity contribution is 5.62. The Labute approximate surface area is 145 Å². The maximum Gasteiger partial charge on any atom is 0.124 e. The summed E-state index contributed by atoms with van der Waals surface area (Å²) in [6, 6.07) is 13.6. The summed E-state index contributed by atoms with van der Waals surface area (Å²) in [5.41, 5.74) is 3.38. The average Bonchev–Trinajstić information content (AvgIpc) is 3.10. The Morgan fingerprint density at radius 1 is 1.20 bits per heavy atom. The number of halogens is 1. The molecule has 3 aromatic rings.